The van der Waals surface area contributed by atoms with E-state index in [-0.39, 0.29) is 0 Å². The Hall–Kier alpha value is -1.22. The summed E-state index contributed by atoms with van der Waals surface area (Å²) in [4.78, 5) is 11.3. The molecule has 0 aromatic heterocycles. The van der Waals surface area contributed by atoms with Gasteiger partial charge in [0.1, 0.15) is 5.75 Å². The van der Waals surface area contributed by atoms with Gasteiger partial charge < -0.3 is 10.5 Å². The Morgan fingerprint density at radius 3 is 2.60 bits per heavy atom. The number of nitrogens with two attached hydrogens (primary N) is 1. The summed E-state index contributed by atoms with van der Waals surface area (Å²) in [5.74, 6) is -0.0118. The number of ether oxygens (including phenoxy) is 1. The summed E-state index contributed by atoms with van der Waals surface area (Å²) < 4.78 is 5.36. The Morgan fingerprint density at radius 2 is 2.13 bits per heavy atom. The monoisotopic (exact) mass is 227 g/mol. The van der Waals surface area contributed by atoms with Crippen molar-refractivity contribution < 1.29 is 9.53 Å². The normalized spacial score (nSPS) is 10.1. The highest BCUT2D eigenvalue weighted by Crippen LogP contribution is 2.31. The molecule has 0 bridgehead atoms. The van der Waals surface area contributed by atoms with E-state index in [1.807, 2.05) is 13.8 Å². The number of halogens is 1. The standard InChI is InChI=1S/C11H14ClNO2/c1-4-15-8-5-6(2)10(12)7(3)9(8)11(13)14/h5H,4H2,1-3H3,(H2,13,14). The van der Waals surface area contributed by atoms with Gasteiger partial charge >= 0.3 is 0 Å². The lowest BCUT2D eigenvalue weighted by atomic mass is 10.0. The lowest BCUT2D eigenvalue weighted by molar-refractivity contribution is 0.0996. The second kappa shape index (κ2) is 4.53. The average molecular weight is 228 g/mol. The van der Waals surface area contributed by atoms with Gasteiger partial charge in [-0.3, -0.25) is 4.79 Å². The fourth-order valence-corrected chi connectivity index (χ4v) is 1.65. The van der Waals surface area contributed by atoms with Gasteiger partial charge in [-0.25, -0.2) is 0 Å². The smallest absolute Gasteiger partial charge is 0.252 e. The van der Waals surface area contributed by atoms with Gasteiger partial charge in [0.15, 0.2) is 0 Å². The summed E-state index contributed by atoms with van der Waals surface area (Å²) in [6, 6.07) is 1.74. The molecule has 82 valence electrons. The molecule has 1 aromatic carbocycles. The number of aryl methyl sites for hydroxylation is 1. The number of carbonyl (C=O) groups is 1. The van der Waals surface area contributed by atoms with Gasteiger partial charge in [0.2, 0.25) is 0 Å². The van der Waals surface area contributed by atoms with E-state index in [1.165, 1.54) is 0 Å². The summed E-state index contributed by atoms with van der Waals surface area (Å²) >= 11 is 6.04. The maximum absolute atomic E-state index is 11.3. The minimum atomic E-state index is -0.516. The molecule has 1 aromatic rings. The summed E-state index contributed by atoms with van der Waals surface area (Å²) in [5.41, 5.74) is 7.21. The highest BCUT2D eigenvalue weighted by atomic mass is 35.5. The van der Waals surface area contributed by atoms with E-state index in [4.69, 9.17) is 22.1 Å². The van der Waals surface area contributed by atoms with Crippen molar-refractivity contribution in [1.82, 2.24) is 0 Å². The molecule has 15 heavy (non-hydrogen) atoms. The molecule has 1 amide bonds. The van der Waals surface area contributed by atoms with Crippen LogP contribution in [-0.4, -0.2) is 12.5 Å². The van der Waals surface area contributed by atoms with Crippen molar-refractivity contribution in [3.63, 3.8) is 0 Å². The first-order valence-electron chi connectivity index (χ1n) is 4.71. The molecule has 0 aliphatic rings. The molecule has 2 N–H and O–H groups in total. The van der Waals surface area contributed by atoms with Gasteiger partial charge in [0.25, 0.3) is 5.91 Å². The van der Waals surface area contributed by atoms with Crippen LogP contribution in [0.15, 0.2) is 6.07 Å². The number of rotatable bonds is 3. The Morgan fingerprint density at radius 1 is 1.53 bits per heavy atom. The van der Waals surface area contributed by atoms with Crippen molar-refractivity contribution in [3.05, 3.63) is 27.8 Å². The lowest BCUT2D eigenvalue weighted by Gasteiger charge is -2.13. The zero-order valence-corrected chi connectivity index (χ0v) is 9.81. The van der Waals surface area contributed by atoms with Crippen LogP contribution in [0.3, 0.4) is 0 Å². The second-order valence-corrected chi connectivity index (χ2v) is 3.68. The molecule has 4 heteroatoms. The summed E-state index contributed by atoms with van der Waals surface area (Å²) in [7, 11) is 0. The minimum Gasteiger partial charge on any atom is -0.493 e. The minimum absolute atomic E-state index is 0.368. The summed E-state index contributed by atoms with van der Waals surface area (Å²) in [6.07, 6.45) is 0. The highest BCUT2D eigenvalue weighted by Gasteiger charge is 2.16. The van der Waals surface area contributed by atoms with Crippen molar-refractivity contribution in [3.8, 4) is 5.75 Å². The van der Waals surface area contributed by atoms with Crippen LogP contribution >= 0.6 is 11.6 Å². The van der Waals surface area contributed by atoms with Crippen LogP contribution < -0.4 is 10.5 Å². The van der Waals surface area contributed by atoms with Crippen LogP contribution in [0.25, 0.3) is 0 Å². The number of hydrogen-bond acceptors (Lipinski definition) is 2. The first-order chi connectivity index (χ1) is 6.99. The van der Waals surface area contributed by atoms with Crippen molar-refractivity contribution in [2.45, 2.75) is 20.8 Å². The predicted octanol–water partition coefficient (Wildman–Crippen LogP) is 2.45. The molecule has 0 saturated carbocycles. The van der Waals surface area contributed by atoms with Crippen LogP contribution in [0.2, 0.25) is 5.02 Å². The third kappa shape index (κ3) is 2.23. The maximum atomic E-state index is 11.3. The number of primary amides is 1. The number of hydrogen-bond donors (Lipinski definition) is 1. The van der Waals surface area contributed by atoms with Crippen LogP contribution in [0, 0.1) is 13.8 Å². The van der Waals surface area contributed by atoms with Crippen LogP contribution in [0.1, 0.15) is 28.4 Å². The van der Waals surface area contributed by atoms with E-state index in [0.717, 1.165) is 5.56 Å². The van der Waals surface area contributed by atoms with Crippen LogP contribution in [0.4, 0.5) is 0 Å². The Labute approximate surface area is 94.2 Å². The number of amides is 1. The van der Waals surface area contributed by atoms with Crippen LogP contribution in [-0.2, 0) is 0 Å². The Bertz CT molecular complexity index is 402. The predicted molar refractivity (Wildman–Crippen MR) is 60.6 cm³/mol. The summed E-state index contributed by atoms with van der Waals surface area (Å²) in [6.45, 7) is 5.96. The van der Waals surface area contributed by atoms with Gasteiger partial charge in [-0.1, -0.05) is 11.6 Å². The van der Waals surface area contributed by atoms with Gasteiger partial charge in [-0.15, -0.1) is 0 Å². The largest absolute Gasteiger partial charge is 0.493 e. The summed E-state index contributed by atoms with van der Waals surface area (Å²) in [5, 5.41) is 0.562. The maximum Gasteiger partial charge on any atom is 0.252 e. The molecule has 3 nitrogen and oxygen atoms in total. The molecule has 0 heterocycles. The third-order valence-corrected chi connectivity index (χ3v) is 2.77. The zero-order chi connectivity index (χ0) is 11.6. The van der Waals surface area contributed by atoms with E-state index in [9.17, 15) is 4.79 Å². The number of carbonyl (C=O) groups excluding carboxylic acids is 1. The van der Waals surface area contributed by atoms with Gasteiger partial charge in [-0.05, 0) is 38.0 Å². The molecule has 0 fully saturated rings. The molecular weight excluding hydrogens is 214 g/mol. The second-order valence-electron chi connectivity index (χ2n) is 3.30. The molecule has 0 saturated heterocycles. The Balaban J connectivity index is 3.43. The molecule has 1 rings (SSSR count). The van der Waals surface area contributed by atoms with Crippen molar-refractivity contribution in [2.24, 2.45) is 5.73 Å². The highest BCUT2D eigenvalue weighted by molar-refractivity contribution is 6.32. The number of benzene rings is 1. The molecule has 0 aliphatic heterocycles. The molecule has 0 unspecified atom stereocenters. The topological polar surface area (TPSA) is 52.3 Å². The van der Waals surface area contributed by atoms with E-state index in [1.54, 1.807) is 13.0 Å². The zero-order valence-electron chi connectivity index (χ0n) is 9.06. The van der Waals surface area contributed by atoms with Gasteiger partial charge in [0, 0.05) is 5.02 Å². The van der Waals surface area contributed by atoms with E-state index < -0.39 is 5.91 Å². The fourth-order valence-electron chi connectivity index (χ4n) is 1.50. The van der Waals surface area contributed by atoms with Gasteiger partial charge in [0.05, 0.1) is 12.2 Å². The molecule has 0 aliphatic carbocycles. The molecule has 0 radical (unpaired) electrons. The van der Waals surface area contributed by atoms with Crippen molar-refractivity contribution >= 4 is 17.5 Å². The van der Waals surface area contributed by atoms with Crippen molar-refractivity contribution in [1.29, 1.82) is 0 Å². The third-order valence-electron chi connectivity index (χ3n) is 2.19. The SMILES string of the molecule is CCOc1cc(C)c(Cl)c(C)c1C(N)=O. The van der Waals surface area contributed by atoms with Gasteiger partial charge in [-0.2, -0.15) is 0 Å². The van der Waals surface area contributed by atoms with E-state index in [0.29, 0.717) is 28.5 Å². The van der Waals surface area contributed by atoms with Crippen molar-refractivity contribution in [2.75, 3.05) is 6.61 Å². The van der Waals surface area contributed by atoms with E-state index >= 15 is 0 Å². The first-order valence-corrected chi connectivity index (χ1v) is 5.09. The fraction of sp³-hybridized carbons (Fsp3) is 0.364. The molecule has 0 spiro atoms. The lowest BCUT2D eigenvalue weighted by Crippen LogP contribution is -2.15. The quantitative estimate of drug-likeness (QED) is 0.863. The first kappa shape index (κ1) is 11.9. The molecular formula is C11H14ClNO2. The average Bonchev–Trinajstić information content (AvgIpc) is 2.14. The van der Waals surface area contributed by atoms with E-state index in [2.05, 4.69) is 0 Å². The van der Waals surface area contributed by atoms with Crippen LogP contribution in [0.5, 0.6) is 5.75 Å². The molecule has 0 atom stereocenters. The Kier molecular flexibility index (Phi) is 3.58.